The van der Waals surface area contributed by atoms with Crippen molar-refractivity contribution in [2.75, 3.05) is 19.7 Å². The summed E-state index contributed by atoms with van der Waals surface area (Å²) in [5.41, 5.74) is -3.42. The van der Waals surface area contributed by atoms with E-state index in [0.29, 0.717) is 0 Å². The molecule has 1 atom stereocenters. The highest BCUT2D eigenvalue weighted by Gasteiger charge is 2.63. The zero-order chi connectivity index (χ0) is 16.5. The molecule has 1 aliphatic heterocycles. The number of aliphatic hydroxyl groups is 1. The second-order valence-corrected chi connectivity index (χ2v) is 5.98. The molecule has 0 spiro atoms. The predicted octanol–water partition coefficient (Wildman–Crippen LogP) is 1.56. The number of rotatable bonds is 3. The lowest BCUT2D eigenvalue weighted by molar-refractivity contribution is -0.209. The second kappa shape index (κ2) is 5.75. The Kier molecular flexibility index (Phi) is 4.82. The van der Waals surface area contributed by atoms with E-state index in [1.54, 1.807) is 20.8 Å². The highest BCUT2D eigenvalue weighted by molar-refractivity contribution is 5.80. The van der Waals surface area contributed by atoms with Gasteiger partial charge in [0.15, 0.2) is 5.60 Å². The van der Waals surface area contributed by atoms with Crippen molar-refractivity contribution in [3.05, 3.63) is 0 Å². The summed E-state index contributed by atoms with van der Waals surface area (Å²) in [5, 5.41) is 10.0. The van der Waals surface area contributed by atoms with Crippen LogP contribution in [0.4, 0.5) is 13.6 Å². The van der Waals surface area contributed by atoms with Crippen LogP contribution in [-0.4, -0.2) is 58.9 Å². The van der Waals surface area contributed by atoms with Gasteiger partial charge in [-0.05, 0) is 27.7 Å². The maximum Gasteiger partial charge on any atom is 0.410 e. The van der Waals surface area contributed by atoms with Crippen LogP contribution in [0.25, 0.3) is 0 Å². The smallest absolute Gasteiger partial charge is 0.410 e. The molecule has 122 valence electrons. The van der Waals surface area contributed by atoms with E-state index in [0.717, 1.165) is 4.90 Å². The van der Waals surface area contributed by atoms with Crippen LogP contribution in [0.1, 0.15) is 34.1 Å². The maximum atomic E-state index is 14.0. The normalized spacial score (nSPS) is 23.1. The number of carbonyl (C=O) groups excluding carboxylic acids is 2. The Bertz CT molecular complexity index is 421. The number of halogens is 2. The molecule has 1 saturated heterocycles. The zero-order valence-corrected chi connectivity index (χ0v) is 12.6. The Morgan fingerprint density at radius 3 is 2.38 bits per heavy atom. The van der Waals surface area contributed by atoms with Crippen LogP contribution in [0.15, 0.2) is 0 Å². The van der Waals surface area contributed by atoms with Gasteiger partial charge in [-0.1, -0.05) is 0 Å². The van der Waals surface area contributed by atoms with Gasteiger partial charge < -0.3 is 19.5 Å². The fourth-order valence-corrected chi connectivity index (χ4v) is 1.94. The summed E-state index contributed by atoms with van der Waals surface area (Å²) in [7, 11) is 0. The minimum Gasteiger partial charge on any atom is -0.461 e. The van der Waals surface area contributed by atoms with Gasteiger partial charge in [0.1, 0.15) is 5.60 Å². The Morgan fingerprint density at radius 2 is 1.90 bits per heavy atom. The average molecular weight is 309 g/mol. The Balaban J connectivity index is 2.79. The summed E-state index contributed by atoms with van der Waals surface area (Å²) >= 11 is 0. The minimum atomic E-state index is -4.08. The quantitative estimate of drug-likeness (QED) is 0.801. The van der Waals surface area contributed by atoms with Crippen LogP contribution >= 0.6 is 0 Å². The van der Waals surface area contributed by atoms with E-state index in [9.17, 15) is 23.5 Å². The summed E-state index contributed by atoms with van der Waals surface area (Å²) in [5.74, 6) is -5.88. The van der Waals surface area contributed by atoms with E-state index >= 15 is 0 Å². The van der Waals surface area contributed by atoms with Gasteiger partial charge in [-0.2, -0.15) is 8.78 Å². The molecular formula is C13H21F2NO5. The maximum absolute atomic E-state index is 14.0. The van der Waals surface area contributed by atoms with Gasteiger partial charge >= 0.3 is 18.0 Å². The standard InChI is InChI=1S/C13H21F2NO5/c1-5-20-9(17)13(14,15)12(19)6-7-16(8-12)10(18)21-11(2,3)4/h19H,5-8H2,1-4H3. The molecule has 0 bridgehead atoms. The molecule has 0 aromatic heterocycles. The highest BCUT2D eigenvalue weighted by atomic mass is 19.3. The number of hydrogen-bond acceptors (Lipinski definition) is 5. The number of hydrogen-bond donors (Lipinski definition) is 1. The molecule has 1 amide bonds. The van der Waals surface area contributed by atoms with Crippen LogP contribution in [0, 0.1) is 0 Å². The molecule has 1 rings (SSSR count). The van der Waals surface area contributed by atoms with Gasteiger partial charge in [0.25, 0.3) is 0 Å². The Labute approximate surface area is 122 Å². The molecule has 1 fully saturated rings. The lowest BCUT2D eigenvalue weighted by atomic mass is 9.94. The molecule has 0 aromatic carbocycles. The van der Waals surface area contributed by atoms with E-state index in [2.05, 4.69) is 4.74 Å². The minimum absolute atomic E-state index is 0.125. The molecular weight excluding hydrogens is 288 g/mol. The monoisotopic (exact) mass is 309 g/mol. The van der Waals surface area contributed by atoms with Crippen LogP contribution in [0.5, 0.6) is 0 Å². The van der Waals surface area contributed by atoms with Crippen molar-refractivity contribution >= 4 is 12.1 Å². The molecule has 0 saturated carbocycles. The number of alkyl halides is 2. The molecule has 1 N–H and O–H groups in total. The fourth-order valence-electron chi connectivity index (χ4n) is 1.94. The summed E-state index contributed by atoms with van der Waals surface area (Å²) < 4.78 is 37.3. The third kappa shape index (κ3) is 3.81. The van der Waals surface area contributed by atoms with Crippen LogP contribution < -0.4 is 0 Å². The lowest BCUT2D eigenvalue weighted by Crippen LogP contribution is -2.56. The number of carbonyl (C=O) groups is 2. The van der Waals surface area contributed by atoms with Crippen LogP contribution in [0.3, 0.4) is 0 Å². The van der Waals surface area contributed by atoms with Crippen molar-refractivity contribution in [3.63, 3.8) is 0 Å². The molecule has 1 unspecified atom stereocenters. The van der Waals surface area contributed by atoms with E-state index in [4.69, 9.17) is 4.74 Å². The third-order valence-electron chi connectivity index (χ3n) is 3.02. The molecule has 8 heteroatoms. The highest BCUT2D eigenvalue weighted by Crippen LogP contribution is 2.38. The SMILES string of the molecule is CCOC(=O)C(F)(F)C1(O)CCN(C(=O)OC(C)(C)C)C1. The summed E-state index contributed by atoms with van der Waals surface area (Å²) in [6, 6.07) is 0. The molecule has 1 aliphatic rings. The van der Waals surface area contributed by atoms with Crippen LogP contribution in [0.2, 0.25) is 0 Å². The fraction of sp³-hybridized carbons (Fsp3) is 0.846. The molecule has 0 radical (unpaired) electrons. The Hall–Kier alpha value is -1.44. The molecule has 0 aromatic rings. The van der Waals surface area contributed by atoms with E-state index in [1.165, 1.54) is 6.92 Å². The first kappa shape index (κ1) is 17.6. The van der Waals surface area contributed by atoms with Gasteiger partial charge in [0.05, 0.1) is 13.2 Å². The van der Waals surface area contributed by atoms with Gasteiger partial charge in [-0.15, -0.1) is 0 Å². The van der Waals surface area contributed by atoms with E-state index in [-0.39, 0.29) is 13.2 Å². The summed E-state index contributed by atoms with van der Waals surface area (Å²) in [4.78, 5) is 24.1. The molecule has 21 heavy (non-hydrogen) atoms. The largest absolute Gasteiger partial charge is 0.461 e. The zero-order valence-electron chi connectivity index (χ0n) is 12.6. The molecule has 6 nitrogen and oxygen atoms in total. The van der Waals surface area contributed by atoms with Crippen molar-refractivity contribution in [1.82, 2.24) is 4.90 Å². The van der Waals surface area contributed by atoms with Crippen molar-refractivity contribution in [3.8, 4) is 0 Å². The van der Waals surface area contributed by atoms with Crippen molar-refractivity contribution in [2.24, 2.45) is 0 Å². The van der Waals surface area contributed by atoms with Crippen LogP contribution in [-0.2, 0) is 14.3 Å². The van der Waals surface area contributed by atoms with Gasteiger partial charge in [0.2, 0.25) is 0 Å². The molecule has 1 heterocycles. The van der Waals surface area contributed by atoms with E-state index in [1.807, 2.05) is 0 Å². The van der Waals surface area contributed by atoms with Crippen molar-refractivity contribution in [1.29, 1.82) is 0 Å². The molecule has 0 aliphatic carbocycles. The number of esters is 1. The number of ether oxygens (including phenoxy) is 2. The van der Waals surface area contributed by atoms with Gasteiger partial charge in [0, 0.05) is 13.0 Å². The van der Waals surface area contributed by atoms with Crippen molar-refractivity contribution < 1.29 is 33.0 Å². The Morgan fingerprint density at radius 1 is 1.33 bits per heavy atom. The topological polar surface area (TPSA) is 76.1 Å². The lowest BCUT2D eigenvalue weighted by Gasteiger charge is -2.30. The predicted molar refractivity (Wildman–Crippen MR) is 69.0 cm³/mol. The summed E-state index contributed by atoms with van der Waals surface area (Å²) in [6.07, 6.45) is -1.24. The number of amides is 1. The summed E-state index contributed by atoms with van der Waals surface area (Å²) in [6.45, 7) is 5.27. The first-order chi connectivity index (χ1) is 9.43. The van der Waals surface area contributed by atoms with Gasteiger partial charge in [-0.3, -0.25) is 0 Å². The van der Waals surface area contributed by atoms with E-state index < -0.39 is 42.2 Å². The average Bonchev–Trinajstić information content (AvgIpc) is 2.72. The van der Waals surface area contributed by atoms with Gasteiger partial charge in [-0.25, -0.2) is 9.59 Å². The first-order valence-corrected chi connectivity index (χ1v) is 6.68. The van der Waals surface area contributed by atoms with Crippen molar-refractivity contribution in [2.45, 2.75) is 51.2 Å². The third-order valence-corrected chi connectivity index (χ3v) is 3.02. The number of β-amino-alcohol motifs (C(OH)–C–C–N with tert-alkyl or cyclic N) is 1. The number of likely N-dealkylation sites (tertiary alicyclic amines) is 1. The first-order valence-electron chi connectivity index (χ1n) is 6.68. The second-order valence-electron chi connectivity index (χ2n) is 5.98. The number of nitrogens with zero attached hydrogens (tertiary/aromatic N) is 1.